The predicted octanol–water partition coefficient (Wildman–Crippen LogP) is 6.56. The van der Waals surface area contributed by atoms with Crippen LogP contribution in [0.3, 0.4) is 0 Å². The van der Waals surface area contributed by atoms with Crippen molar-refractivity contribution in [3.63, 3.8) is 0 Å². The fourth-order valence-corrected chi connectivity index (χ4v) is 8.11. The van der Waals surface area contributed by atoms with Gasteiger partial charge in [0.2, 0.25) is 0 Å². The van der Waals surface area contributed by atoms with Gasteiger partial charge in [-0.25, -0.2) is 4.39 Å². The first-order valence-corrected chi connectivity index (χ1v) is 15.5. The minimum atomic E-state index is -1.01. The third-order valence-electron chi connectivity index (χ3n) is 10.4. The van der Waals surface area contributed by atoms with Crippen molar-refractivity contribution in [2.24, 2.45) is 11.3 Å². The smallest absolute Gasteiger partial charge is 0.323 e. The third kappa shape index (κ3) is 5.86. The van der Waals surface area contributed by atoms with E-state index in [0.29, 0.717) is 19.4 Å². The van der Waals surface area contributed by atoms with Crippen LogP contribution in [0.15, 0.2) is 24.3 Å². The van der Waals surface area contributed by atoms with Crippen molar-refractivity contribution in [3.05, 3.63) is 52.6 Å². The molecule has 2 heterocycles. The number of halogens is 1. The molecule has 1 saturated heterocycles. The molecule has 5 rings (SSSR count). The van der Waals surface area contributed by atoms with E-state index in [1.54, 1.807) is 12.1 Å². The fraction of sp³-hybridized carbons (Fsp3) is 0.706. The van der Waals surface area contributed by atoms with Gasteiger partial charge in [0.15, 0.2) is 0 Å². The van der Waals surface area contributed by atoms with Gasteiger partial charge in [-0.15, -0.1) is 0 Å². The average molecular weight is 569 g/mol. The Morgan fingerprint density at radius 1 is 1.20 bits per heavy atom. The number of aliphatic carboxylic acids is 1. The van der Waals surface area contributed by atoms with Gasteiger partial charge in [0.1, 0.15) is 11.4 Å². The Morgan fingerprint density at radius 2 is 1.90 bits per heavy atom. The number of carboxylic acids is 1. The number of rotatable bonds is 8. The lowest BCUT2D eigenvalue weighted by atomic mass is 9.75. The number of aromatic nitrogens is 2. The number of piperidine rings is 1. The van der Waals surface area contributed by atoms with E-state index in [-0.39, 0.29) is 42.0 Å². The molecular formula is C34H53FN4O2. The first-order valence-electron chi connectivity index (χ1n) is 15.5. The fourth-order valence-electron chi connectivity index (χ4n) is 8.11. The van der Waals surface area contributed by atoms with Crippen LogP contribution in [0.2, 0.25) is 0 Å². The number of hydrogen-bond acceptors (Lipinski definition) is 4. The molecule has 3 aliphatic rings. The minimum Gasteiger partial charge on any atom is -0.480 e. The number of likely N-dealkylation sites (tertiary alicyclic amines) is 1. The average Bonchev–Trinajstić information content (AvgIpc) is 3.60. The molecule has 228 valence electrons. The molecule has 1 aromatic heterocycles. The summed E-state index contributed by atoms with van der Waals surface area (Å²) in [5.41, 5.74) is 4.36. The second-order valence-corrected chi connectivity index (χ2v) is 14.0. The summed E-state index contributed by atoms with van der Waals surface area (Å²) in [6, 6.07) is 7.04. The largest absolute Gasteiger partial charge is 0.480 e. The van der Waals surface area contributed by atoms with Crippen LogP contribution in [0.5, 0.6) is 0 Å². The van der Waals surface area contributed by atoms with E-state index in [4.69, 9.17) is 5.10 Å². The standard InChI is InChI=1S/C33H49FN4O2.CH4/c1-7-28-25-12-13-32(29(25)38(8-2)36-28)14-16-37(17-15-32)22(3)26-19-33(30(39)40,35-21-31(4,5)6)20-27(26)23-10-9-11-24(34)18-23;/h9-11,18,22,26-27,35H,7-8,12-17,19-21H2,1-6H3,(H,39,40);1H4/t22-,26-,27-,33?;/m1./s1. The molecule has 4 atom stereocenters. The molecule has 0 bridgehead atoms. The maximum absolute atomic E-state index is 14.4. The van der Waals surface area contributed by atoms with Crippen molar-refractivity contribution >= 4 is 5.97 Å². The molecule has 2 aromatic rings. The van der Waals surface area contributed by atoms with Crippen LogP contribution in [0.1, 0.15) is 110 Å². The van der Waals surface area contributed by atoms with Gasteiger partial charge in [0.05, 0.1) is 5.69 Å². The lowest BCUT2D eigenvalue weighted by Gasteiger charge is -2.44. The van der Waals surface area contributed by atoms with Gasteiger partial charge < -0.3 is 15.3 Å². The molecule has 1 spiro atoms. The Balaban J connectivity index is 0.00000387. The zero-order chi connectivity index (χ0) is 28.9. The third-order valence-corrected chi connectivity index (χ3v) is 10.4. The highest BCUT2D eigenvalue weighted by Crippen LogP contribution is 2.51. The van der Waals surface area contributed by atoms with Crippen LogP contribution in [0, 0.1) is 17.2 Å². The van der Waals surface area contributed by atoms with Gasteiger partial charge in [-0.2, -0.15) is 5.10 Å². The molecule has 2 aliphatic carbocycles. The van der Waals surface area contributed by atoms with Crippen molar-refractivity contribution < 1.29 is 14.3 Å². The van der Waals surface area contributed by atoms with Gasteiger partial charge in [-0.1, -0.05) is 47.3 Å². The van der Waals surface area contributed by atoms with Crippen molar-refractivity contribution in [1.82, 2.24) is 20.0 Å². The van der Waals surface area contributed by atoms with Crippen molar-refractivity contribution in [2.45, 2.75) is 123 Å². The molecule has 41 heavy (non-hydrogen) atoms. The van der Waals surface area contributed by atoms with Crippen molar-refractivity contribution in [2.75, 3.05) is 19.6 Å². The Morgan fingerprint density at radius 3 is 2.49 bits per heavy atom. The summed E-state index contributed by atoms with van der Waals surface area (Å²) in [7, 11) is 0. The lowest BCUT2D eigenvalue weighted by molar-refractivity contribution is -0.145. The Kier molecular flexibility index (Phi) is 9.11. The number of carboxylic acid groups (broad SMARTS) is 1. The maximum Gasteiger partial charge on any atom is 0.323 e. The number of nitrogens with zero attached hydrogens (tertiary/aromatic N) is 3. The van der Waals surface area contributed by atoms with Crippen LogP contribution < -0.4 is 5.32 Å². The number of carbonyl (C=O) groups is 1. The first-order chi connectivity index (χ1) is 18.9. The van der Waals surface area contributed by atoms with Crippen molar-refractivity contribution in [1.29, 1.82) is 0 Å². The number of hydrogen-bond donors (Lipinski definition) is 2. The molecule has 2 fully saturated rings. The lowest BCUT2D eigenvalue weighted by Crippen LogP contribution is -2.53. The second-order valence-electron chi connectivity index (χ2n) is 14.0. The highest BCUT2D eigenvalue weighted by Gasteiger charge is 2.54. The summed E-state index contributed by atoms with van der Waals surface area (Å²) in [5.74, 6) is -0.942. The zero-order valence-corrected chi connectivity index (χ0v) is 25.4. The highest BCUT2D eigenvalue weighted by atomic mass is 19.1. The van der Waals surface area contributed by atoms with E-state index in [2.05, 4.69) is 56.4 Å². The molecule has 7 heteroatoms. The van der Waals surface area contributed by atoms with E-state index < -0.39 is 11.5 Å². The summed E-state index contributed by atoms with van der Waals surface area (Å²) < 4.78 is 16.7. The molecule has 0 radical (unpaired) electrons. The van der Waals surface area contributed by atoms with E-state index in [1.807, 2.05) is 6.07 Å². The summed E-state index contributed by atoms with van der Waals surface area (Å²) in [6.45, 7) is 16.6. The zero-order valence-electron chi connectivity index (χ0n) is 25.4. The second kappa shape index (κ2) is 11.8. The monoisotopic (exact) mass is 568 g/mol. The number of aryl methyl sites for hydroxylation is 2. The minimum absolute atomic E-state index is 0. The van der Waals surface area contributed by atoms with Crippen LogP contribution >= 0.6 is 0 Å². The summed E-state index contributed by atoms with van der Waals surface area (Å²) in [5, 5.41) is 19.0. The van der Waals surface area contributed by atoms with Crippen LogP contribution in [0.4, 0.5) is 4.39 Å². The first kappa shape index (κ1) is 31.7. The van der Waals surface area contributed by atoms with Gasteiger partial charge in [-0.05, 0) is 112 Å². The van der Waals surface area contributed by atoms with E-state index >= 15 is 0 Å². The van der Waals surface area contributed by atoms with Gasteiger partial charge in [-0.3, -0.25) is 9.48 Å². The normalized spacial score (nSPS) is 26.6. The Bertz CT molecular complexity index is 1230. The topological polar surface area (TPSA) is 70.4 Å². The van der Waals surface area contributed by atoms with E-state index in [1.165, 1.54) is 29.4 Å². The van der Waals surface area contributed by atoms with E-state index in [9.17, 15) is 14.3 Å². The molecule has 2 N–H and O–H groups in total. The Hall–Kier alpha value is -2.25. The molecule has 1 saturated carbocycles. The summed E-state index contributed by atoms with van der Waals surface area (Å²) in [6.07, 6.45) is 6.60. The van der Waals surface area contributed by atoms with Crippen molar-refractivity contribution in [3.8, 4) is 0 Å². The van der Waals surface area contributed by atoms with Gasteiger partial charge in [0.25, 0.3) is 0 Å². The summed E-state index contributed by atoms with van der Waals surface area (Å²) >= 11 is 0. The van der Waals surface area contributed by atoms with Gasteiger partial charge in [0, 0.05) is 30.2 Å². The Labute approximate surface area is 247 Å². The molecular weight excluding hydrogens is 515 g/mol. The molecule has 1 unspecified atom stereocenters. The molecule has 0 amide bonds. The SMILES string of the molecule is C.CCc1nn(CC)c2c1CCC21CCN([C@H](C)[C@H]2CC(NCC(C)(C)C)(C(=O)O)C[C@@H]2c2cccc(F)c2)CC1. The maximum atomic E-state index is 14.4. The van der Waals surface area contributed by atoms with Crippen LogP contribution in [0.25, 0.3) is 0 Å². The quantitative estimate of drug-likeness (QED) is 0.377. The molecule has 6 nitrogen and oxygen atoms in total. The number of nitrogens with one attached hydrogen (secondary N) is 1. The molecule has 1 aliphatic heterocycles. The van der Waals surface area contributed by atoms with Gasteiger partial charge >= 0.3 is 5.97 Å². The molecule has 1 aromatic carbocycles. The summed E-state index contributed by atoms with van der Waals surface area (Å²) in [4.78, 5) is 15.4. The van der Waals surface area contributed by atoms with Crippen LogP contribution in [-0.2, 0) is 29.6 Å². The highest BCUT2D eigenvalue weighted by molar-refractivity contribution is 5.79. The predicted molar refractivity (Wildman–Crippen MR) is 164 cm³/mol. The number of benzene rings is 1. The van der Waals surface area contributed by atoms with E-state index in [0.717, 1.165) is 50.9 Å². The van der Waals surface area contributed by atoms with Crippen LogP contribution in [-0.4, -0.2) is 57.0 Å². The number of fused-ring (bicyclic) bond motifs is 2.